The minimum Gasteiger partial charge on any atom is -0.497 e. The smallest absolute Gasteiger partial charge is 0.119 e. The van der Waals surface area contributed by atoms with Crippen molar-refractivity contribution in [3.63, 3.8) is 0 Å². The first-order valence-electron chi connectivity index (χ1n) is 19.0. The Bertz CT molecular complexity index is 2700. The topological polar surface area (TPSA) is 33.7 Å². The molecular weight excluding hydrogens is 685 g/mol. The number of nitrogens with one attached hydrogen (secondary N) is 1. The zero-order chi connectivity index (χ0) is 37.9. The van der Waals surface area contributed by atoms with E-state index in [4.69, 9.17) is 9.47 Å². The van der Waals surface area contributed by atoms with E-state index in [1.54, 1.807) is 14.2 Å². The highest BCUT2D eigenvalue weighted by Gasteiger charge is 2.31. The largest absolute Gasteiger partial charge is 0.497 e. The molecule has 0 heterocycles. The standard InChI is InChI=1S/C52H42N2O2/c1-55-50-27-19-45(20-28-50)52(53-46-21-15-37-7-3-5-9-43(37)35-46)33-31-42(32-34-52)40-13-11-39(12-14-40)41-16-22-47(23-17-41)54(48-25-29-51(56-2)30-26-48)49-24-18-38-8-4-6-10-44(38)36-49/h3-33,35-36,53H,34H2,1-2H3. The van der Waals surface area contributed by atoms with Crippen LogP contribution in [0.25, 0.3) is 38.2 Å². The molecule has 1 N–H and O–H groups in total. The van der Waals surface area contributed by atoms with Crippen LogP contribution in [0.15, 0.2) is 200 Å². The number of fused-ring (bicyclic) bond motifs is 2. The van der Waals surface area contributed by atoms with E-state index < -0.39 is 5.54 Å². The third-order valence-corrected chi connectivity index (χ3v) is 10.9. The van der Waals surface area contributed by atoms with Crippen molar-refractivity contribution in [2.24, 2.45) is 0 Å². The molecule has 4 heteroatoms. The molecule has 0 aliphatic heterocycles. The predicted octanol–water partition coefficient (Wildman–Crippen LogP) is 13.5. The monoisotopic (exact) mass is 726 g/mol. The molecule has 8 aromatic rings. The number of nitrogens with zero attached hydrogens (tertiary/aromatic N) is 1. The maximum Gasteiger partial charge on any atom is 0.119 e. The van der Waals surface area contributed by atoms with Gasteiger partial charge in [-0.1, -0.05) is 127 Å². The lowest BCUT2D eigenvalue weighted by atomic mass is 9.80. The first-order valence-corrected chi connectivity index (χ1v) is 19.0. The third-order valence-electron chi connectivity index (χ3n) is 10.9. The summed E-state index contributed by atoms with van der Waals surface area (Å²) in [5.41, 5.74) is 9.85. The molecule has 0 aromatic heterocycles. The van der Waals surface area contributed by atoms with Crippen LogP contribution in [0.5, 0.6) is 11.5 Å². The molecule has 1 aliphatic carbocycles. The molecule has 0 saturated carbocycles. The number of hydrogen-bond acceptors (Lipinski definition) is 4. The molecule has 272 valence electrons. The van der Waals surface area contributed by atoms with Gasteiger partial charge in [0.15, 0.2) is 0 Å². The van der Waals surface area contributed by atoms with E-state index in [1.807, 2.05) is 24.3 Å². The number of ether oxygens (including phenoxy) is 2. The van der Waals surface area contributed by atoms with Crippen molar-refractivity contribution in [1.82, 2.24) is 0 Å². The molecule has 1 unspecified atom stereocenters. The molecule has 0 bridgehead atoms. The van der Waals surface area contributed by atoms with E-state index in [1.165, 1.54) is 49.4 Å². The van der Waals surface area contributed by atoms with Gasteiger partial charge in [-0.05, 0) is 129 Å². The summed E-state index contributed by atoms with van der Waals surface area (Å²) in [6.07, 6.45) is 7.72. The molecule has 8 aromatic carbocycles. The Labute approximate surface area is 328 Å². The number of methoxy groups -OCH3 is 2. The van der Waals surface area contributed by atoms with Gasteiger partial charge in [-0.15, -0.1) is 0 Å². The van der Waals surface area contributed by atoms with Gasteiger partial charge in [0.1, 0.15) is 11.5 Å². The predicted molar refractivity (Wildman–Crippen MR) is 235 cm³/mol. The van der Waals surface area contributed by atoms with Crippen molar-refractivity contribution in [3.8, 4) is 22.6 Å². The summed E-state index contributed by atoms with van der Waals surface area (Å²) < 4.78 is 11.0. The third kappa shape index (κ3) is 6.89. The van der Waals surface area contributed by atoms with Crippen LogP contribution in [0.2, 0.25) is 0 Å². The SMILES string of the molecule is COc1ccc(N(c2ccc(-c3ccc(C4=CCC(Nc5ccc6ccccc6c5)(c5ccc(OC)cc5)C=C4)cc3)cc2)c2ccc3ccccc3c2)cc1. The second kappa shape index (κ2) is 15.0. The molecule has 56 heavy (non-hydrogen) atoms. The van der Waals surface area contributed by atoms with E-state index in [2.05, 4.69) is 186 Å². The van der Waals surface area contributed by atoms with Crippen molar-refractivity contribution in [2.45, 2.75) is 12.0 Å². The molecule has 9 rings (SSSR count). The van der Waals surface area contributed by atoms with E-state index >= 15 is 0 Å². The number of benzene rings is 8. The Hall–Kier alpha value is -7.04. The van der Waals surface area contributed by atoms with Gasteiger partial charge in [0.05, 0.1) is 19.8 Å². The molecule has 0 saturated heterocycles. The van der Waals surface area contributed by atoms with Crippen molar-refractivity contribution < 1.29 is 9.47 Å². The maximum atomic E-state index is 5.49. The molecule has 1 aliphatic rings. The van der Waals surface area contributed by atoms with Crippen LogP contribution in [0.4, 0.5) is 22.7 Å². The second-order valence-electron chi connectivity index (χ2n) is 14.3. The average Bonchev–Trinajstić information content (AvgIpc) is 3.27. The minimum atomic E-state index is -0.410. The van der Waals surface area contributed by atoms with Crippen LogP contribution < -0.4 is 19.7 Å². The molecule has 4 nitrogen and oxygen atoms in total. The lowest BCUT2D eigenvalue weighted by Gasteiger charge is -2.35. The summed E-state index contributed by atoms with van der Waals surface area (Å²) >= 11 is 0. The van der Waals surface area contributed by atoms with E-state index in [0.29, 0.717) is 0 Å². The normalized spacial score (nSPS) is 15.0. The molecule has 1 atom stereocenters. The van der Waals surface area contributed by atoms with Gasteiger partial charge in [0.25, 0.3) is 0 Å². The molecule has 0 amide bonds. The first-order chi connectivity index (χ1) is 27.6. The van der Waals surface area contributed by atoms with Gasteiger partial charge in [0, 0.05) is 22.7 Å². The maximum absolute atomic E-state index is 5.49. The molecule has 0 radical (unpaired) electrons. The number of anilines is 4. The highest BCUT2D eigenvalue weighted by molar-refractivity contribution is 5.90. The Morgan fingerprint density at radius 2 is 0.982 bits per heavy atom. The number of hydrogen-bond donors (Lipinski definition) is 1. The van der Waals surface area contributed by atoms with Gasteiger partial charge in [-0.2, -0.15) is 0 Å². The van der Waals surface area contributed by atoms with E-state index in [9.17, 15) is 0 Å². The van der Waals surface area contributed by atoms with Crippen molar-refractivity contribution in [1.29, 1.82) is 0 Å². The van der Waals surface area contributed by atoms with Crippen molar-refractivity contribution >= 4 is 49.9 Å². The van der Waals surface area contributed by atoms with Crippen LogP contribution in [0.3, 0.4) is 0 Å². The second-order valence-corrected chi connectivity index (χ2v) is 14.3. The average molecular weight is 727 g/mol. The van der Waals surface area contributed by atoms with Gasteiger partial charge in [-0.3, -0.25) is 0 Å². The number of allylic oxidation sites excluding steroid dienone is 2. The van der Waals surface area contributed by atoms with Crippen LogP contribution in [0.1, 0.15) is 17.5 Å². The summed E-state index contributed by atoms with van der Waals surface area (Å²) in [7, 11) is 3.41. The van der Waals surface area contributed by atoms with Crippen LogP contribution >= 0.6 is 0 Å². The van der Waals surface area contributed by atoms with Gasteiger partial charge < -0.3 is 19.7 Å². The van der Waals surface area contributed by atoms with Crippen molar-refractivity contribution in [2.75, 3.05) is 24.4 Å². The quantitative estimate of drug-likeness (QED) is 0.152. The van der Waals surface area contributed by atoms with Gasteiger partial charge in [-0.25, -0.2) is 0 Å². The fourth-order valence-corrected chi connectivity index (χ4v) is 7.80. The van der Waals surface area contributed by atoms with Crippen LogP contribution in [0, 0.1) is 0 Å². The zero-order valence-corrected chi connectivity index (χ0v) is 31.5. The fraction of sp³-hybridized carbons (Fsp3) is 0.0769. The molecule has 0 fully saturated rings. The summed E-state index contributed by atoms with van der Waals surface area (Å²) in [5.74, 6) is 1.68. The van der Waals surface area contributed by atoms with E-state index in [-0.39, 0.29) is 0 Å². The summed E-state index contributed by atoms with van der Waals surface area (Å²) in [6, 6.07) is 64.6. The van der Waals surface area contributed by atoms with E-state index in [0.717, 1.165) is 40.7 Å². The van der Waals surface area contributed by atoms with Gasteiger partial charge >= 0.3 is 0 Å². The fourth-order valence-electron chi connectivity index (χ4n) is 7.80. The number of rotatable bonds is 10. The summed E-state index contributed by atoms with van der Waals surface area (Å²) in [6.45, 7) is 0. The Morgan fingerprint density at radius 3 is 1.57 bits per heavy atom. The summed E-state index contributed by atoms with van der Waals surface area (Å²) in [4.78, 5) is 2.29. The highest BCUT2D eigenvalue weighted by atomic mass is 16.5. The van der Waals surface area contributed by atoms with Crippen LogP contribution in [-0.4, -0.2) is 14.2 Å². The Morgan fingerprint density at radius 1 is 0.482 bits per heavy atom. The molecule has 0 spiro atoms. The van der Waals surface area contributed by atoms with Crippen LogP contribution in [-0.2, 0) is 5.54 Å². The van der Waals surface area contributed by atoms with Crippen molar-refractivity contribution in [3.05, 3.63) is 211 Å². The lowest BCUT2D eigenvalue weighted by molar-refractivity contribution is 0.414. The zero-order valence-electron chi connectivity index (χ0n) is 31.5. The van der Waals surface area contributed by atoms with Gasteiger partial charge in [0.2, 0.25) is 0 Å². The summed E-state index contributed by atoms with van der Waals surface area (Å²) in [5, 5.41) is 8.78. The molecular formula is C52H42N2O2. The first kappa shape index (κ1) is 34.7. The Kier molecular flexibility index (Phi) is 9.30. The minimum absolute atomic E-state index is 0.410. The highest BCUT2D eigenvalue weighted by Crippen LogP contribution is 2.40. The lowest BCUT2D eigenvalue weighted by Crippen LogP contribution is -2.34. The Balaban J connectivity index is 0.972.